The summed E-state index contributed by atoms with van der Waals surface area (Å²) in [5, 5.41) is 9.43. The van der Waals surface area contributed by atoms with Crippen molar-refractivity contribution in [3.63, 3.8) is 0 Å². The van der Waals surface area contributed by atoms with Gasteiger partial charge in [0.1, 0.15) is 0 Å². The van der Waals surface area contributed by atoms with Gasteiger partial charge in [0.15, 0.2) is 0 Å². The number of piperidine rings is 1. The molecule has 0 aliphatic carbocycles. The van der Waals surface area contributed by atoms with Crippen LogP contribution in [0.3, 0.4) is 0 Å². The monoisotopic (exact) mass is 387 g/mol. The van der Waals surface area contributed by atoms with E-state index < -0.39 is 5.97 Å². The van der Waals surface area contributed by atoms with E-state index in [2.05, 4.69) is 76.3 Å². The number of benzene rings is 2. The third-order valence-corrected chi connectivity index (χ3v) is 5.24. The summed E-state index contributed by atoms with van der Waals surface area (Å²) in [5.41, 5.74) is 3.65. The number of hydrogen-bond donors (Lipinski definition) is 1. The average molecular weight is 388 g/mol. The van der Waals surface area contributed by atoms with Crippen LogP contribution in [0.4, 0.5) is 0 Å². The number of aryl methyl sites for hydroxylation is 1. The van der Waals surface area contributed by atoms with Gasteiger partial charge in [-0.15, -0.1) is 0 Å². The molecule has 2 aromatic rings. The Morgan fingerprint density at radius 3 is 2.62 bits per heavy atom. The fraction of sp³-hybridized carbons (Fsp3) is 0.350. The van der Waals surface area contributed by atoms with Crippen molar-refractivity contribution in [1.82, 2.24) is 4.90 Å². The summed E-state index contributed by atoms with van der Waals surface area (Å²) in [4.78, 5) is 13.8. The maximum absolute atomic E-state index is 11.5. The Morgan fingerprint density at radius 2 is 1.96 bits per heavy atom. The van der Waals surface area contributed by atoms with Gasteiger partial charge in [-0.05, 0) is 49.6 Å². The Hall–Kier alpha value is -1.65. The van der Waals surface area contributed by atoms with Crippen LogP contribution in [0.15, 0.2) is 53.0 Å². The van der Waals surface area contributed by atoms with Crippen LogP contribution in [0, 0.1) is 12.8 Å². The highest BCUT2D eigenvalue weighted by molar-refractivity contribution is 9.10. The minimum absolute atomic E-state index is 0.0974. The van der Waals surface area contributed by atoms with Crippen LogP contribution in [-0.2, 0) is 4.79 Å². The maximum atomic E-state index is 11.5. The van der Waals surface area contributed by atoms with Crippen molar-refractivity contribution < 1.29 is 9.90 Å². The number of likely N-dealkylation sites (tertiary alicyclic amines) is 1. The van der Waals surface area contributed by atoms with E-state index in [9.17, 15) is 9.90 Å². The molecule has 1 aliphatic rings. The molecule has 0 spiro atoms. The van der Waals surface area contributed by atoms with E-state index in [1.807, 2.05) is 0 Å². The number of halogens is 1. The second kappa shape index (κ2) is 7.49. The molecule has 1 fully saturated rings. The van der Waals surface area contributed by atoms with Gasteiger partial charge in [-0.25, -0.2) is 0 Å². The highest BCUT2D eigenvalue weighted by Crippen LogP contribution is 2.33. The van der Waals surface area contributed by atoms with Gasteiger partial charge in [-0.2, -0.15) is 0 Å². The van der Waals surface area contributed by atoms with Crippen molar-refractivity contribution in [2.24, 2.45) is 5.92 Å². The number of rotatable bonds is 4. The standard InChI is InChI=1S/C20H22BrNO2/c1-14-4-2-5-16(12-14)19(15-7-9-18(21)10-8-15)22-11-3-6-17(13-22)20(23)24/h2,4-5,7-10,12,17,19H,3,6,11,13H2,1H3,(H,23,24). The fourth-order valence-electron chi connectivity index (χ4n) is 3.54. The lowest BCUT2D eigenvalue weighted by Crippen LogP contribution is -2.41. The zero-order valence-corrected chi connectivity index (χ0v) is 15.4. The molecule has 4 heteroatoms. The normalized spacial score (nSPS) is 19.8. The molecule has 1 saturated heterocycles. The topological polar surface area (TPSA) is 40.5 Å². The fourth-order valence-corrected chi connectivity index (χ4v) is 3.81. The number of hydrogen-bond acceptors (Lipinski definition) is 2. The lowest BCUT2D eigenvalue weighted by Gasteiger charge is -2.37. The third-order valence-electron chi connectivity index (χ3n) is 4.71. The molecule has 0 radical (unpaired) electrons. The summed E-state index contributed by atoms with van der Waals surface area (Å²) >= 11 is 3.50. The maximum Gasteiger partial charge on any atom is 0.307 e. The minimum Gasteiger partial charge on any atom is -0.481 e. The molecule has 3 nitrogen and oxygen atoms in total. The molecule has 126 valence electrons. The number of carboxylic acid groups (broad SMARTS) is 1. The van der Waals surface area contributed by atoms with Crippen LogP contribution in [0.5, 0.6) is 0 Å². The van der Waals surface area contributed by atoms with Gasteiger partial charge in [0.2, 0.25) is 0 Å². The largest absolute Gasteiger partial charge is 0.481 e. The Morgan fingerprint density at radius 1 is 1.21 bits per heavy atom. The van der Waals surface area contributed by atoms with Crippen LogP contribution >= 0.6 is 15.9 Å². The van der Waals surface area contributed by atoms with Gasteiger partial charge < -0.3 is 5.11 Å². The first-order valence-electron chi connectivity index (χ1n) is 8.33. The lowest BCUT2D eigenvalue weighted by atomic mass is 9.91. The third kappa shape index (κ3) is 3.87. The van der Waals surface area contributed by atoms with Gasteiger partial charge in [0.05, 0.1) is 12.0 Å². The summed E-state index contributed by atoms with van der Waals surface area (Å²) < 4.78 is 1.05. The molecule has 2 aromatic carbocycles. The van der Waals surface area contributed by atoms with Gasteiger partial charge in [0, 0.05) is 11.0 Å². The van der Waals surface area contributed by atoms with E-state index in [0.29, 0.717) is 6.54 Å². The van der Waals surface area contributed by atoms with E-state index in [0.717, 1.165) is 23.9 Å². The van der Waals surface area contributed by atoms with Gasteiger partial charge >= 0.3 is 5.97 Å². The number of carboxylic acids is 1. The molecule has 1 N–H and O–H groups in total. The second-order valence-corrected chi connectivity index (χ2v) is 7.46. The smallest absolute Gasteiger partial charge is 0.307 e. The molecule has 0 saturated carbocycles. The summed E-state index contributed by atoms with van der Waals surface area (Å²) in [6.07, 6.45) is 1.70. The Bertz CT molecular complexity index is 714. The first-order valence-corrected chi connectivity index (χ1v) is 9.13. The SMILES string of the molecule is Cc1cccc(C(c2ccc(Br)cc2)N2CCCC(C(=O)O)C2)c1. The molecule has 2 atom stereocenters. The van der Waals surface area contributed by atoms with E-state index in [4.69, 9.17) is 0 Å². The molecule has 2 unspecified atom stereocenters. The van der Waals surface area contributed by atoms with Crippen LogP contribution in [-0.4, -0.2) is 29.1 Å². The molecular weight excluding hydrogens is 366 g/mol. The van der Waals surface area contributed by atoms with Crippen LogP contribution in [0.25, 0.3) is 0 Å². The Kier molecular flexibility index (Phi) is 5.36. The van der Waals surface area contributed by atoms with E-state index in [-0.39, 0.29) is 12.0 Å². The lowest BCUT2D eigenvalue weighted by molar-refractivity contribution is -0.143. The van der Waals surface area contributed by atoms with Crippen molar-refractivity contribution in [3.05, 3.63) is 69.7 Å². The number of nitrogens with zero attached hydrogens (tertiary/aromatic N) is 1. The molecule has 0 aromatic heterocycles. The van der Waals surface area contributed by atoms with Crippen LogP contribution < -0.4 is 0 Å². The van der Waals surface area contributed by atoms with Gasteiger partial charge in [-0.3, -0.25) is 9.69 Å². The van der Waals surface area contributed by atoms with Gasteiger partial charge in [-0.1, -0.05) is 57.9 Å². The van der Waals surface area contributed by atoms with E-state index >= 15 is 0 Å². The highest BCUT2D eigenvalue weighted by atomic mass is 79.9. The zero-order valence-electron chi connectivity index (χ0n) is 13.8. The summed E-state index contributed by atoms with van der Waals surface area (Å²) in [5.74, 6) is -0.958. The Labute approximate surface area is 151 Å². The van der Waals surface area contributed by atoms with Crippen LogP contribution in [0.2, 0.25) is 0 Å². The van der Waals surface area contributed by atoms with Crippen molar-refractivity contribution >= 4 is 21.9 Å². The summed E-state index contributed by atoms with van der Waals surface area (Å²) in [6, 6.07) is 17.0. The van der Waals surface area contributed by atoms with Crippen molar-refractivity contribution in [1.29, 1.82) is 0 Å². The molecule has 0 amide bonds. The van der Waals surface area contributed by atoms with Crippen molar-refractivity contribution in [2.45, 2.75) is 25.8 Å². The molecular formula is C20H22BrNO2. The van der Waals surface area contributed by atoms with Crippen LogP contribution in [0.1, 0.15) is 35.6 Å². The number of aliphatic carboxylic acids is 1. The zero-order chi connectivity index (χ0) is 17.1. The quantitative estimate of drug-likeness (QED) is 0.830. The van der Waals surface area contributed by atoms with E-state index in [1.165, 1.54) is 16.7 Å². The van der Waals surface area contributed by atoms with Crippen molar-refractivity contribution in [2.75, 3.05) is 13.1 Å². The first kappa shape index (κ1) is 17.2. The molecule has 1 heterocycles. The highest BCUT2D eigenvalue weighted by Gasteiger charge is 2.31. The minimum atomic E-state index is -0.682. The average Bonchev–Trinajstić information content (AvgIpc) is 2.57. The molecule has 24 heavy (non-hydrogen) atoms. The van der Waals surface area contributed by atoms with Gasteiger partial charge in [0.25, 0.3) is 0 Å². The molecule has 3 rings (SSSR count). The molecule has 1 aliphatic heterocycles. The second-order valence-electron chi connectivity index (χ2n) is 6.54. The number of carbonyl (C=O) groups is 1. The molecule has 0 bridgehead atoms. The first-order chi connectivity index (χ1) is 11.5. The van der Waals surface area contributed by atoms with Crippen molar-refractivity contribution in [3.8, 4) is 0 Å². The van der Waals surface area contributed by atoms with E-state index in [1.54, 1.807) is 0 Å². The predicted octanol–water partition coefficient (Wildman–Crippen LogP) is 4.64. The predicted molar refractivity (Wildman–Crippen MR) is 99.1 cm³/mol. The summed E-state index contributed by atoms with van der Waals surface area (Å²) in [7, 11) is 0. The summed E-state index contributed by atoms with van der Waals surface area (Å²) in [6.45, 7) is 3.63. The Balaban J connectivity index is 1.98.